The van der Waals surface area contributed by atoms with Gasteiger partial charge in [0.2, 0.25) is 12.5 Å². The van der Waals surface area contributed by atoms with Crippen molar-refractivity contribution in [2.75, 3.05) is 6.79 Å². The first-order chi connectivity index (χ1) is 6.33. The van der Waals surface area contributed by atoms with E-state index in [1.807, 2.05) is 5.48 Å². The highest BCUT2D eigenvalue weighted by Crippen LogP contribution is 2.42. The molecule has 0 spiro atoms. The third-order valence-corrected chi connectivity index (χ3v) is 1.87. The van der Waals surface area contributed by atoms with E-state index < -0.39 is 0 Å². The number of phenols is 1. The minimum Gasteiger partial charge on any atom is -0.504 e. The Kier molecular flexibility index (Phi) is 1.96. The molecule has 1 aliphatic rings. The molecule has 3 N–H and O–H groups in total. The molecule has 0 amide bonds. The lowest BCUT2D eigenvalue weighted by Gasteiger charge is -2.05. The maximum absolute atomic E-state index is 9.58. The monoisotopic (exact) mass is 183 g/mol. The van der Waals surface area contributed by atoms with Gasteiger partial charge in [0.05, 0.1) is 0 Å². The second-order valence-corrected chi connectivity index (χ2v) is 2.64. The van der Waals surface area contributed by atoms with E-state index in [4.69, 9.17) is 14.7 Å². The van der Waals surface area contributed by atoms with Crippen LogP contribution < -0.4 is 15.0 Å². The molecule has 0 bridgehead atoms. The summed E-state index contributed by atoms with van der Waals surface area (Å²) < 4.78 is 10.1. The van der Waals surface area contributed by atoms with Crippen molar-refractivity contribution in [1.29, 1.82) is 0 Å². The summed E-state index contributed by atoms with van der Waals surface area (Å²) in [6.45, 7) is 0.293. The summed E-state index contributed by atoms with van der Waals surface area (Å²) in [7, 11) is 0. The Balaban J connectivity index is 2.40. The molecule has 0 saturated heterocycles. The lowest BCUT2D eigenvalue weighted by atomic mass is 10.2. The largest absolute Gasteiger partial charge is 0.504 e. The van der Waals surface area contributed by atoms with Crippen LogP contribution in [0, 0.1) is 0 Å². The second kappa shape index (κ2) is 3.12. The summed E-state index contributed by atoms with van der Waals surface area (Å²) >= 11 is 0. The van der Waals surface area contributed by atoms with Gasteiger partial charge in [-0.15, -0.1) is 0 Å². The number of nitrogens with one attached hydrogen (secondary N) is 1. The van der Waals surface area contributed by atoms with Gasteiger partial charge in [-0.05, 0) is 12.1 Å². The quantitative estimate of drug-likeness (QED) is 0.585. The third-order valence-electron chi connectivity index (χ3n) is 1.87. The number of phenolic OH excluding ortho intramolecular Hbond substituents is 1. The van der Waals surface area contributed by atoms with E-state index in [0.717, 1.165) is 0 Å². The van der Waals surface area contributed by atoms with Crippen LogP contribution in [-0.2, 0) is 6.54 Å². The molecule has 1 aromatic rings. The van der Waals surface area contributed by atoms with Gasteiger partial charge in [0.1, 0.15) is 0 Å². The topological polar surface area (TPSA) is 71.0 Å². The fourth-order valence-corrected chi connectivity index (χ4v) is 1.23. The molecule has 0 saturated carbocycles. The van der Waals surface area contributed by atoms with Crippen molar-refractivity contribution in [2.45, 2.75) is 6.54 Å². The normalized spacial score (nSPS) is 13.3. The predicted molar refractivity (Wildman–Crippen MR) is 42.9 cm³/mol. The minimum absolute atomic E-state index is 0.0107. The maximum Gasteiger partial charge on any atom is 0.231 e. The molecule has 0 radical (unpaired) electrons. The molecule has 1 aromatic carbocycles. The predicted octanol–water partition coefficient (Wildman–Crippen LogP) is 0.600. The zero-order valence-corrected chi connectivity index (χ0v) is 6.78. The molecular weight excluding hydrogens is 174 g/mol. The lowest BCUT2D eigenvalue weighted by Crippen LogP contribution is -2.06. The number of aromatic hydroxyl groups is 1. The summed E-state index contributed by atoms with van der Waals surface area (Å²) in [6, 6.07) is 3.35. The smallest absolute Gasteiger partial charge is 0.231 e. The van der Waals surface area contributed by atoms with Crippen molar-refractivity contribution < 1.29 is 19.8 Å². The molecule has 1 heterocycles. The Labute approximate surface area is 74.5 Å². The summed E-state index contributed by atoms with van der Waals surface area (Å²) in [4.78, 5) is 0. The fourth-order valence-electron chi connectivity index (χ4n) is 1.23. The number of hydrogen-bond acceptors (Lipinski definition) is 5. The zero-order chi connectivity index (χ0) is 9.26. The van der Waals surface area contributed by atoms with Gasteiger partial charge < -0.3 is 19.8 Å². The summed E-state index contributed by atoms with van der Waals surface area (Å²) in [6.07, 6.45) is 0. The minimum atomic E-state index is 0.0107. The average Bonchev–Trinajstić information content (AvgIpc) is 2.58. The molecule has 5 heteroatoms. The number of hydroxylamine groups is 1. The van der Waals surface area contributed by atoms with Gasteiger partial charge in [0.15, 0.2) is 11.5 Å². The van der Waals surface area contributed by atoms with E-state index in [0.29, 0.717) is 17.1 Å². The van der Waals surface area contributed by atoms with Crippen LogP contribution >= 0.6 is 0 Å². The average molecular weight is 183 g/mol. The number of benzene rings is 1. The van der Waals surface area contributed by atoms with Crippen LogP contribution in [0.2, 0.25) is 0 Å². The van der Waals surface area contributed by atoms with Gasteiger partial charge in [0.25, 0.3) is 0 Å². The second-order valence-electron chi connectivity index (χ2n) is 2.64. The lowest BCUT2D eigenvalue weighted by molar-refractivity contribution is 0.159. The number of hydrogen-bond donors (Lipinski definition) is 3. The first-order valence-corrected chi connectivity index (χ1v) is 3.80. The first-order valence-electron chi connectivity index (χ1n) is 3.80. The molecule has 0 aliphatic carbocycles. The Morgan fingerprint density at radius 1 is 1.38 bits per heavy atom. The van der Waals surface area contributed by atoms with Gasteiger partial charge in [0, 0.05) is 12.1 Å². The Hall–Kier alpha value is -1.46. The van der Waals surface area contributed by atoms with Crippen LogP contribution in [0.4, 0.5) is 0 Å². The van der Waals surface area contributed by atoms with Crippen LogP contribution in [0.25, 0.3) is 0 Å². The van der Waals surface area contributed by atoms with Crippen molar-refractivity contribution in [2.24, 2.45) is 0 Å². The Morgan fingerprint density at radius 3 is 3.00 bits per heavy atom. The number of ether oxygens (including phenoxy) is 2. The highest BCUT2D eigenvalue weighted by atomic mass is 16.7. The molecule has 1 aliphatic heterocycles. The van der Waals surface area contributed by atoms with Gasteiger partial charge in [-0.2, -0.15) is 0 Å². The first kappa shape index (κ1) is 8.15. The fraction of sp³-hybridized carbons (Fsp3) is 0.250. The Morgan fingerprint density at radius 2 is 2.23 bits per heavy atom. The summed E-state index contributed by atoms with van der Waals surface area (Å²) in [5, 5.41) is 18.0. The molecule has 0 aromatic heterocycles. The van der Waals surface area contributed by atoms with E-state index in [9.17, 15) is 5.11 Å². The van der Waals surface area contributed by atoms with Gasteiger partial charge >= 0.3 is 0 Å². The van der Waals surface area contributed by atoms with E-state index >= 15 is 0 Å². The Bertz CT molecular complexity index is 326. The van der Waals surface area contributed by atoms with Crippen LogP contribution in [0.1, 0.15) is 5.56 Å². The van der Waals surface area contributed by atoms with E-state index in [-0.39, 0.29) is 19.1 Å². The number of fused-ring (bicyclic) bond motifs is 1. The van der Waals surface area contributed by atoms with Crippen molar-refractivity contribution >= 4 is 0 Å². The third kappa shape index (κ3) is 1.28. The van der Waals surface area contributed by atoms with Gasteiger partial charge in [-0.25, -0.2) is 5.48 Å². The van der Waals surface area contributed by atoms with Gasteiger partial charge in [-0.1, -0.05) is 0 Å². The summed E-state index contributed by atoms with van der Waals surface area (Å²) in [5.41, 5.74) is 2.52. The molecule has 2 rings (SSSR count). The van der Waals surface area contributed by atoms with E-state index in [1.165, 1.54) is 0 Å². The summed E-state index contributed by atoms with van der Waals surface area (Å²) in [5.74, 6) is 0.878. The van der Waals surface area contributed by atoms with Crippen molar-refractivity contribution in [3.05, 3.63) is 17.7 Å². The zero-order valence-electron chi connectivity index (χ0n) is 6.78. The number of rotatable bonds is 2. The van der Waals surface area contributed by atoms with Crippen molar-refractivity contribution in [3.8, 4) is 17.2 Å². The van der Waals surface area contributed by atoms with Gasteiger partial charge in [-0.3, -0.25) is 0 Å². The van der Waals surface area contributed by atoms with Crippen LogP contribution in [0.5, 0.6) is 17.2 Å². The van der Waals surface area contributed by atoms with Crippen LogP contribution in [0.15, 0.2) is 12.1 Å². The van der Waals surface area contributed by atoms with Crippen LogP contribution in [0.3, 0.4) is 0 Å². The molecule has 0 fully saturated rings. The SMILES string of the molecule is ONCc1ccc2c(c1O)OCO2. The highest BCUT2D eigenvalue weighted by Gasteiger charge is 2.19. The highest BCUT2D eigenvalue weighted by molar-refractivity contribution is 5.55. The standard InChI is InChI=1S/C8H9NO4/c10-7-5(3-9-11)1-2-6-8(7)13-4-12-6/h1-2,9-11H,3-4H2. The molecule has 5 nitrogen and oxygen atoms in total. The van der Waals surface area contributed by atoms with Crippen molar-refractivity contribution in [3.63, 3.8) is 0 Å². The van der Waals surface area contributed by atoms with E-state index in [1.54, 1.807) is 12.1 Å². The van der Waals surface area contributed by atoms with Crippen molar-refractivity contribution in [1.82, 2.24) is 5.48 Å². The molecule has 13 heavy (non-hydrogen) atoms. The molecular formula is C8H9NO4. The van der Waals surface area contributed by atoms with E-state index in [2.05, 4.69) is 0 Å². The van der Waals surface area contributed by atoms with Crippen LogP contribution in [-0.4, -0.2) is 17.1 Å². The molecule has 70 valence electrons. The molecule has 0 atom stereocenters. The molecule has 0 unspecified atom stereocenters. The maximum atomic E-state index is 9.58.